The molecule has 2 aromatic rings. The molecule has 2 aromatic heterocycles. The second-order valence-electron chi connectivity index (χ2n) is 5.13. The maximum atomic E-state index is 12.8. The summed E-state index contributed by atoms with van der Waals surface area (Å²) in [6.45, 7) is 1.93. The lowest BCUT2D eigenvalue weighted by atomic mass is 10.2. The molecule has 1 aliphatic rings. The smallest absolute Gasteiger partial charge is 0.377 e. The average Bonchev–Trinajstić information content (AvgIpc) is 3.16. The Bertz CT molecular complexity index is 655. The van der Waals surface area contributed by atoms with Gasteiger partial charge in [-0.2, -0.15) is 27.8 Å². The minimum Gasteiger partial charge on any atom is -0.377 e. The molecule has 3 heterocycles. The Morgan fingerprint density at radius 1 is 1.43 bits per heavy atom. The van der Waals surface area contributed by atoms with Crippen molar-refractivity contribution in [1.82, 2.24) is 19.6 Å². The summed E-state index contributed by atoms with van der Waals surface area (Å²) >= 11 is 0. The van der Waals surface area contributed by atoms with Crippen LogP contribution in [0.15, 0.2) is 12.4 Å². The second kappa shape index (κ2) is 6.67. The van der Waals surface area contributed by atoms with Gasteiger partial charge in [-0.15, -0.1) is 0 Å². The van der Waals surface area contributed by atoms with E-state index in [1.54, 1.807) is 0 Å². The summed E-state index contributed by atoms with van der Waals surface area (Å²) in [6, 6.07) is 0.905. The number of halogens is 3. The number of alkyl halides is 3. The number of nitrogens with one attached hydrogen (secondary N) is 1. The topological polar surface area (TPSA) is 73.6 Å². The summed E-state index contributed by atoms with van der Waals surface area (Å²) in [7, 11) is 0. The number of hydrogen-bond acceptors (Lipinski definition) is 6. The Hall–Kier alpha value is -1.94. The van der Waals surface area contributed by atoms with Gasteiger partial charge in [0.15, 0.2) is 5.69 Å². The second-order valence-corrected chi connectivity index (χ2v) is 5.13. The van der Waals surface area contributed by atoms with E-state index in [0.29, 0.717) is 19.8 Å². The summed E-state index contributed by atoms with van der Waals surface area (Å²) in [5.41, 5.74) is -1.01. The summed E-state index contributed by atoms with van der Waals surface area (Å²) in [4.78, 5) is 7.14. The first kappa shape index (κ1) is 15.9. The summed E-state index contributed by atoms with van der Waals surface area (Å²) < 4.78 is 50.6. The Balaban J connectivity index is 1.59. The molecular weight excluding hydrogens is 315 g/mol. The van der Waals surface area contributed by atoms with Crippen LogP contribution in [0.4, 0.5) is 19.0 Å². The zero-order valence-corrected chi connectivity index (χ0v) is 12.2. The molecule has 7 nitrogen and oxygen atoms in total. The van der Waals surface area contributed by atoms with Gasteiger partial charge < -0.3 is 14.8 Å². The standard InChI is InChI=1S/C13H16F3N5O2/c14-13(15,16)10-6-11(21-12(20-10)18-8-19-21)17-3-5-22-7-9-2-1-4-23-9/h6,8-9,17H,1-5,7H2. The highest BCUT2D eigenvalue weighted by atomic mass is 19.4. The number of ether oxygens (including phenoxy) is 2. The Morgan fingerprint density at radius 2 is 2.30 bits per heavy atom. The van der Waals surface area contributed by atoms with E-state index in [4.69, 9.17) is 9.47 Å². The molecule has 126 valence electrons. The van der Waals surface area contributed by atoms with Crippen molar-refractivity contribution in [2.75, 3.05) is 31.7 Å². The van der Waals surface area contributed by atoms with Crippen molar-refractivity contribution in [2.45, 2.75) is 25.1 Å². The molecule has 0 bridgehead atoms. The van der Waals surface area contributed by atoms with Crippen LogP contribution in [0, 0.1) is 0 Å². The number of rotatable bonds is 6. The van der Waals surface area contributed by atoms with E-state index < -0.39 is 11.9 Å². The van der Waals surface area contributed by atoms with Crippen LogP contribution in [0.1, 0.15) is 18.5 Å². The van der Waals surface area contributed by atoms with Crippen LogP contribution in [0.5, 0.6) is 0 Å². The quantitative estimate of drug-likeness (QED) is 0.813. The summed E-state index contributed by atoms with van der Waals surface area (Å²) in [5.74, 6) is 0.0585. The first-order chi connectivity index (χ1) is 11.0. The van der Waals surface area contributed by atoms with Crippen LogP contribution < -0.4 is 5.32 Å². The van der Waals surface area contributed by atoms with Crippen LogP contribution >= 0.6 is 0 Å². The van der Waals surface area contributed by atoms with E-state index in [-0.39, 0.29) is 17.7 Å². The largest absolute Gasteiger partial charge is 0.433 e. The van der Waals surface area contributed by atoms with Gasteiger partial charge in [0.2, 0.25) is 0 Å². The van der Waals surface area contributed by atoms with Crippen molar-refractivity contribution in [1.29, 1.82) is 0 Å². The molecule has 0 saturated carbocycles. The van der Waals surface area contributed by atoms with Crippen molar-refractivity contribution in [3.8, 4) is 0 Å². The minimum atomic E-state index is -4.54. The number of fused-ring (bicyclic) bond motifs is 1. The SMILES string of the molecule is FC(F)(F)c1cc(NCCOCC2CCCO2)n2ncnc2n1. The van der Waals surface area contributed by atoms with Crippen molar-refractivity contribution >= 4 is 11.6 Å². The Labute approximate surface area is 129 Å². The van der Waals surface area contributed by atoms with Crippen molar-refractivity contribution in [3.05, 3.63) is 18.1 Å². The number of hydrogen-bond donors (Lipinski definition) is 1. The molecule has 1 saturated heterocycles. The minimum absolute atomic E-state index is 0.109. The van der Waals surface area contributed by atoms with Crippen molar-refractivity contribution in [3.63, 3.8) is 0 Å². The molecule has 0 radical (unpaired) electrons. The zero-order valence-electron chi connectivity index (χ0n) is 12.2. The first-order valence-electron chi connectivity index (χ1n) is 7.25. The molecule has 1 unspecified atom stereocenters. The molecule has 1 aliphatic heterocycles. The molecule has 1 atom stereocenters. The average molecular weight is 331 g/mol. The molecule has 0 aliphatic carbocycles. The third-order valence-corrected chi connectivity index (χ3v) is 3.42. The lowest BCUT2D eigenvalue weighted by Gasteiger charge is -2.13. The normalized spacial score (nSPS) is 18.7. The van der Waals surface area contributed by atoms with Gasteiger partial charge in [0.1, 0.15) is 12.1 Å². The van der Waals surface area contributed by atoms with E-state index in [1.807, 2.05) is 0 Å². The molecule has 1 fully saturated rings. The van der Waals surface area contributed by atoms with Gasteiger partial charge in [-0.05, 0) is 12.8 Å². The van der Waals surface area contributed by atoms with Crippen LogP contribution in [-0.4, -0.2) is 52.1 Å². The van der Waals surface area contributed by atoms with E-state index in [1.165, 1.54) is 4.52 Å². The van der Waals surface area contributed by atoms with Gasteiger partial charge in [-0.3, -0.25) is 0 Å². The van der Waals surface area contributed by atoms with Crippen LogP contribution in [0.25, 0.3) is 5.78 Å². The maximum absolute atomic E-state index is 12.8. The Morgan fingerprint density at radius 3 is 3.04 bits per heavy atom. The molecule has 10 heteroatoms. The fourth-order valence-electron chi connectivity index (χ4n) is 2.33. The summed E-state index contributed by atoms with van der Waals surface area (Å²) in [6.07, 6.45) is -1.25. The first-order valence-corrected chi connectivity index (χ1v) is 7.25. The number of aromatic nitrogens is 4. The van der Waals surface area contributed by atoms with Crippen LogP contribution in [0.2, 0.25) is 0 Å². The monoisotopic (exact) mass is 331 g/mol. The van der Waals surface area contributed by atoms with E-state index in [9.17, 15) is 13.2 Å². The molecule has 1 N–H and O–H groups in total. The molecule has 3 rings (SSSR count). The molecule has 23 heavy (non-hydrogen) atoms. The highest BCUT2D eigenvalue weighted by Gasteiger charge is 2.34. The third kappa shape index (κ3) is 3.88. The van der Waals surface area contributed by atoms with E-state index >= 15 is 0 Å². The van der Waals surface area contributed by atoms with E-state index in [2.05, 4.69) is 20.4 Å². The fraction of sp³-hybridized carbons (Fsp3) is 0.615. The van der Waals surface area contributed by atoms with Crippen LogP contribution in [-0.2, 0) is 15.7 Å². The van der Waals surface area contributed by atoms with Crippen molar-refractivity contribution < 1.29 is 22.6 Å². The van der Waals surface area contributed by atoms with E-state index in [0.717, 1.165) is 31.8 Å². The molecule has 0 spiro atoms. The van der Waals surface area contributed by atoms with Gasteiger partial charge in [0, 0.05) is 19.2 Å². The predicted molar refractivity (Wildman–Crippen MR) is 74.1 cm³/mol. The van der Waals surface area contributed by atoms with Gasteiger partial charge in [0.05, 0.1) is 19.3 Å². The highest BCUT2D eigenvalue weighted by molar-refractivity contribution is 5.45. The predicted octanol–water partition coefficient (Wildman–Crippen LogP) is 1.75. The van der Waals surface area contributed by atoms with Gasteiger partial charge >= 0.3 is 6.18 Å². The maximum Gasteiger partial charge on any atom is 0.433 e. The van der Waals surface area contributed by atoms with Gasteiger partial charge in [0.25, 0.3) is 5.78 Å². The van der Waals surface area contributed by atoms with Crippen LogP contribution in [0.3, 0.4) is 0 Å². The lowest BCUT2D eigenvalue weighted by molar-refractivity contribution is -0.141. The summed E-state index contributed by atoms with van der Waals surface area (Å²) in [5, 5.41) is 6.72. The highest BCUT2D eigenvalue weighted by Crippen LogP contribution is 2.29. The third-order valence-electron chi connectivity index (χ3n) is 3.42. The fourth-order valence-corrected chi connectivity index (χ4v) is 2.33. The lowest BCUT2D eigenvalue weighted by Crippen LogP contribution is -2.19. The van der Waals surface area contributed by atoms with Gasteiger partial charge in [-0.1, -0.05) is 0 Å². The van der Waals surface area contributed by atoms with Gasteiger partial charge in [-0.25, -0.2) is 4.98 Å². The molecular formula is C13H16F3N5O2. The zero-order chi connectivity index (χ0) is 16.3. The Kier molecular flexibility index (Phi) is 4.62. The molecule has 0 aromatic carbocycles. The number of anilines is 1. The number of nitrogens with zero attached hydrogens (tertiary/aromatic N) is 4. The van der Waals surface area contributed by atoms with Crippen molar-refractivity contribution in [2.24, 2.45) is 0 Å². The molecule has 0 amide bonds.